The average molecular weight is 222 g/mol. The standard InChI is InChI=1S/C11H18N4O/c1-16-7-10-5-11(14-8-13-10)15-4-2-3-9(12)6-15/h5,8-9H,2-4,6-7,12H2,1H3. The van der Waals surface area contributed by atoms with Crippen molar-refractivity contribution in [1.82, 2.24) is 9.97 Å². The Morgan fingerprint density at radius 2 is 2.44 bits per heavy atom. The van der Waals surface area contributed by atoms with Crippen LogP contribution in [-0.4, -0.2) is 36.2 Å². The van der Waals surface area contributed by atoms with Crippen LogP contribution in [0, 0.1) is 0 Å². The van der Waals surface area contributed by atoms with Gasteiger partial charge in [0, 0.05) is 32.3 Å². The molecule has 2 rings (SSSR count). The van der Waals surface area contributed by atoms with Gasteiger partial charge in [-0.3, -0.25) is 0 Å². The predicted octanol–water partition coefficient (Wildman–Crippen LogP) is 0.550. The number of hydrogen-bond acceptors (Lipinski definition) is 5. The molecule has 0 spiro atoms. The highest BCUT2D eigenvalue weighted by molar-refractivity contribution is 5.39. The fraction of sp³-hybridized carbons (Fsp3) is 0.636. The number of piperidine rings is 1. The van der Waals surface area contributed by atoms with Gasteiger partial charge in [0.15, 0.2) is 0 Å². The molecule has 1 aromatic rings. The van der Waals surface area contributed by atoms with Gasteiger partial charge in [-0.05, 0) is 12.8 Å². The van der Waals surface area contributed by atoms with Crippen molar-refractivity contribution in [3.05, 3.63) is 18.1 Å². The summed E-state index contributed by atoms with van der Waals surface area (Å²) in [7, 11) is 1.67. The van der Waals surface area contributed by atoms with E-state index in [4.69, 9.17) is 10.5 Å². The maximum atomic E-state index is 5.95. The molecule has 5 heteroatoms. The van der Waals surface area contributed by atoms with Crippen LogP contribution in [-0.2, 0) is 11.3 Å². The molecular weight excluding hydrogens is 204 g/mol. The van der Waals surface area contributed by atoms with Gasteiger partial charge in [0.05, 0.1) is 12.3 Å². The number of rotatable bonds is 3. The average Bonchev–Trinajstić information content (AvgIpc) is 2.30. The molecule has 0 saturated carbocycles. The predicted molar refractivity (Wildman–Crippen MR) is 62.2 cm³/mol. The van der Waals surface area contributed by atoms with Gasteiger partial charge in [-0.1, -0.05) is 0 Å². The molecule has 0 aliphatic carbocycles. The quantitative estimate of drug-likeness (QED) is 0.809. The number of anilines is 1. The highest BCUT2D eigenvalue weighted by Crippen LogP contribution is 2.17. The zero-order valence-corrected chi connectivity index (χ0v) is 9.59. The molecular formula is C11H18N4O. The molecule has 2 N–H and O–H groups in total. The molecule has 1 saturated heterocycles. The number of ether oxygens (including phenoxy) is 1. The van der Waals surface area contributed by atoms with Gasteiger partial charge in [0.25, 0.3) is 0 Å². The van der Waals surface area contributed by atoms with Crippen molar-refractivity contribution >= 4 is 5.82 Å². The second-order valence-corrected chi connectivity index (χ2v) is 4.15. The summed E-state index contributed by atoms with van der Waals surface area (Å²) in [6.45, 7) is 2.43. The number of nitrogens with two attached hydrogens (primary N) is 1. The third-order valence-electron chi connectivity index (χ3n) is 2.78. The Bertz CT molecular complexity index is 345. The number of methoxy groups -OCH3 is 1. The van der Waals surface area contributed by atoms with E-state index in [2.05, 4.69) is 14.9 Å². The maximum absolute atomic E-state index is 5.95. The lowest BCUT2D eigenvalue weighted by molar-refractivity contribution is 0.181. The first kappa shape index (κ1) is 11.3. The van der Waals surface area contributed by atoms with Crippen LogP contribution in [0.1, 0.15) is 18.5 Å². The number of nitrogens with zero attached hydrogens (tertiary/aromatic N) is 3. The Balaban J connectivity index is 2.09. The monoisotopic (exact) mass is 222 g/mol. The second-order valence-electron chi connectivity index (χ2n) is 4.15. The Hall–Kier alpha value is -1.20. The van der Waals surface area contributed by atoms with Gasteiger partial charge in [-0.15, -0.1) is 0 Å². The molecule has 88 valence electrons. The van der Waals surface area contributed by atoms with Crippen LogP contribution in [0.15, 0.2) is 12.4 Å². The molecule has 2 heterocycles. The summed E-state index contributed by atoms with van der Waals surface area (Å²) in [6, 6.07) is 2.23. The lowest BCUT2D eigenvalue weighted by Gasteiger charge is -2.31. The van der Waals surface area contributed by atoms with Crippen molar-refractivity contribution in [2.45, 2.75) is 25.5 Å². The zero-order valence-electron chi connectivity index (χ0n) is 9.59. The van der Waals surface area contributed by atoms with Crippen molar-refractivity contribution in [2.75, 3.05) is 25.1 Å². The topological polar surface area (TPSA) is 64.3 Å². The Labute approximate surface area is 95.6 Å². The van der Waals surface area contributed by atoms with Crippen molar-refractivity contribution < 1.29 is 4.74 Å². The summed E-state index contributed by atoms with van der Waals surface area (Å²) in [5.74, 6) is 0.956. The number of hydrogen-bond donors (Lipinski definition) is 1. The van der Waals surface area contributed by atoms with Gasteiger partial charge < -0.3 is 15.4 Å². The van der Waals surface area contributed by atoms with E-state index < -0.39 is 0 Å². The SMILES string of the molecule is COCc1cc(N2CCCC(N)C2)ncn1. The van der Waals surface area contributed by atoms with Crippen LogP contribution in [0.4, 0.5) is 5.82 Å². The molecule has 1 unspecified atom stereocenters. The van der Waals surface area contributed by atoms with E-state index in [1.54, 1.807) is 13.4 Å². The number of aromatic nitrogens is 2. The Kier molecular flexibility index (Phi) is 3.69. The van der Waals surface area contributed by atoms with E-state index in [1.165, 1.54) is 0 Å². The van der Waals surface area contributed by atoms with Crippen molar-refractivity contribution in [1.29, 1.82) is 0 Å². The van der Waals surface area contributed by atoms with Crippen LogP contribution in [0.5, 0.6) is 0 Å². The van der Waals surface area contributed by atoms with Gasteiger partial charge in [0.1, 0.15) is 12.1 Å². The van der Waals surface area contributed by atoms with Crippen LogP contribution < -0.4 is 10.6 Å². The summed E-state index contributed by atoms with van der Waals surface area (Å²) in [6.07, 6.45) is 3.82. The maximum Gasteiger partial charge on any atom is 0.132 e. The third-order valence-corrected chi connectivity index (χ3v) is 2.78. The summed E-state index contributed by atoms with van der Waals surface area (Å²) in [5, 5.41) is 0. The van der Waals surface area contributed by atoms with Gasteiger partial charge in [0.2, 0.25) is 0 Å². The summed E-state index contributed by atoms with van der Waals surface area (Å²) in [4.78, 5) is 10.6. The molecule has 1 aromatic heterocycles. The molecule has 16 heavy (non-hydrogen) atoms. The van der Waals surface area contributed by atoms with E-state index in [0.717, 1.165) is 37.4 Å². The van der Waals surface area contributed by atoms with Gasteiger partial charge in [-0.25, -0.2) is 9.97 Å². The molecule has 5 nitrogen and oxygen atoms in total. The fourth-order valence-electron chi connectivity index (χ4n) is 2.00. The fourth-order valence-corrected chi connectivity index (χ4v) is 2.00. The molecule has 0 aromatic carbocycles. The van der Waals surface area contributed by atoms with E-state index in [1.807, 2.05) is 6.07 Å². The Morgan fingerprint density at radius 1 is 1.56 bits per heavy atom. The molecule has 1 aliphatic heterocycles. The summed E-state index contributed by atoms with van der Waals surface area (Å²) >= 11 is 0. The van der Waals surface area contributed by atoms with Crippen molar-refractivity contribution in [3.8, 4) is 0 Å². The van der Waals surface area contributed by atoms with Crippen molar-refractivity contribution in [2.24, 2.45) is 5.73 Å². The van der Waals surface area contributed by atoms with Crippen LogP contribution in [0.25, 0.3) is 0 Å². The van der Waals surface area contributed by atoms with Crippen LogP contribution in [0.2, 0.25) is 0 Å². The van der Waals surface area contributed by atoms with Gasteiger partial charge in [-0.2, -0.15) is 0 Å². The van der Waals surface area contributed by atoms with E-state index in [9.17, 15) is 0 Å². The second kappa shape index (κ2) is 5.23. The molecule has 1 aliphatic rings. The van der Waals surface area contributed by atoms with Gasteiger partial charge >= 0.3 is 0 Å². The highest BCUT2D eigenvalue weighted by atomic mass is 16.5. The molecule has 0 bridgehead atoms. The largest absolute Gasteiger partial charge is 0.378 e. The first-order valence-electron chi connectivity index (χ1n) is 5.60. The van der Waals surface area contributed by atoms with Crippen LogP contribution in [0.3, 0.4) is 0 Å². The Morgan fingerprint density at radius 3 is 3.19 bits per heavy atom. The van der Waals surface area contributed by atoms with E-state index in [0.29, 0.717) is 6.61 Å². The molecule has 1 atom stereocenters. The highest BCUT2D eigenvalue weighted by Gasteiger charge is 2.18. The lowest BCUT2D eigenvalue weighted by Crippen LogP contribution is -2.43. The van der Waals surface area contributed by atoms with E-state index >= 15 is 0 Å². The minimum atomic E-state index is 0.259. The summed E-state index contributed by atoms with van der Waals surface area (Å²) in [5.41, 5.74) is 6.86. The first-order chi connectivity index (χ1) is 7.79. The zero-order chi connectivity index (χ0) is 11.4. The molecule has 0 radical (unpaired) electrons. The smallest absolute Gasteiger partial charge is 0.132 e. The minimum absolute atomic E-state index is 0.259. The van der Waals surface area contributed by atoms with E-state index in [-0.39, 0.29) is 6.04 Å². The van der Waals surface area contributed by atoms with Crippen LogP contribution >= 0.6 is 0 Å². The minimum Gasteiger partial charge on any atom is -0.378 e. The molecule has 0 amide bonds. The third kappa shape index (κ3) is 2.68. The lowest BCUT2D eigenvalue weighted by atomic mass is 10.1. The molecule has 1 fully saturated rings. The first-order valence-corrected chi connectivity index (χ1v) is 5.60. The van der Waals surface area contributed by atoms with Crippen molar-refractivity contribution in [3.63, 3.8) is 0 Å². The summed E-state index contributed by atoms with van der Waals surface area (Å²) < 4.78 is 5.06. The normalized spacial score (nSPS) is 21.1.